The van der Waals surface area contributed by atoms with E-state index in [4.69, 9.17) is 10.8 Å². The molecule has 0 aliphatic heterocycles. The predicted octanol–water partition coefficient (Wildman–Crippen LogP) is -0.335. The Morgan fingerprint density at radius 2 is 1.95 bits per heavy atom. The highest BCUT2D eigenvalue weighted by Gasteiger charge is 2.15. The minimum atomic E-state index is -1.16. The molecule has 0 aliphatic rings. The van der Waals surface area contributed by atoms with Gasteiger partial charge in [0.25, 0.3) is 5.69 Å². The summed E-state index contributed by atoms with van der Waals surface area (Å²) in [4.78, 5) is 31.6. The van der Waals surface area contributed by atoms with Crippen LogP contribution in [0.15, 0.2) is 24.3 Å². The summed E-state index contributed by atoms with van der Waals surface area (Å²) in [5.41, 5.74) is 6.20. The van der Waals surface area contributed by atoms with Crippen molar-refractivity contribution in [1.82, 2.24) is 5.32 Å². The average Bonchev–Trinajstić information content (AvgIpc) is 2.36. The Labute approximate surface area is 108 Å². The molecule has 0 aromatic heterocycles. The van der Waals surface area contributed by atoms with E-state index in [1.54, 1.807) is 0 Å². The number of nitro benzene ring substituents is 1. The summed E-state index contributed by atoms with van der Waals surface area (Å²) in [6.45, 7) is -0.493. The van der Waals surface area contributed by atoms with E-state index in [9.17, 15) is 19.7 Å². The smallest absolute Gasteiger partial charge is 0.322 e. The number of hydrogen-bond donors (Lipinski definition) is 3. The van der Waals surface area contributed by atoms with Crippen LogP contribution in [0.3, 0.4) is 0 Å². The number of non-ortho nitro benzene ring substituents is 1. The zero-order chi connectivity index (χ0) is 14.4. The molecule has 1 atom stereocenters. The predicted molar refractivity (Wildman–Crippen MR) is 65.4 cm³/mol. The zero-order valence-corrected chi connectivity index (χ0v) is 9.91. The van der Waals surface area contributed by atoms with Crippen LogP contribution in [0.25, 0.3) is 0 Å². The van der Waals surface area contributed by atoms with E-state index in [1.807, 2.05) is 0 Å². The quantitative estimate of drug-likeness (QED) is 0.476. The summed E-state index contributed by atoms with van der Waals surface area (Å²) in [7, 11) is 0. The molecular formula is C11H13N3O5. The van der Waals surface area contributed by atoms with Crippen LogP contribution >= 0.6 is 0 Å². The van der Waals surface area contributed by atoms with Gasteiger partial charge >= 0.3 is 5.97 Å². The number of hydrogen-bond acceptors (Lipinski definition) is 5. The fraction of sp³-hybridized carbons (Fsp3) is 0.273. The lowest BCUT2D eigenvalue weighted by molar-refractivity contribution is -0.384. The number of nitrogens with two attached hydrogens (primary N) is 1. The van der Waals surface area contributed by atoms with Crippen LogP contribution in [0.5, 0.6) is 0 Å². The van der Waals surface area contributed by atoms with Gasteiger partial charge in [-0.3, -0.25) is 19.7 Å². The van der Waals surface area contributed by atoms with Crippen LogP contribution in [0, 0.1) is 10.1 Å². The van der Waals surface area contributed by atoms with Crippen molar-refractivity contribution in [3.8, 4) is 0 Å². The van der Waals surface area contributed by atoms with E-state index in [1.165, 1.54) is 24.3 Å². The molecule has 0 fully saturated rings. The number of carbonyl (C=O) groups is 2. The first kappa shape index (κ1) is 14.6. The highest BCUT2D eigenvalue weighted by Crippen LogP contribution is 2.12. The standard InChI is InChI=1S/C11H13N3O5/c12-9(11(17)13-6-10(15)16)5-7-1-3-8(4-2-7)14(18)19/h1-4,9H,5-6,12H2,(H,13,17)(H,15,16)/t9-/m0/s1. The van der Waals surface area contributed by atoms with Crippen LogP contribution < -0.4 is 11.1 Å². The van der Waals surface area contributed by atoms with Gasteiger partial charge in [0.15, 0.2) is 0 Å². The summed E-state index contributed by atoms with van der Waals surface area (Å²) in [5, 5.41) is 21.0. The summed E-state index contributed by atoms with van der Waals surface area (Å²) < 4.78 is 0. The molecule has 0 saturated heterocycles. The molecule has 8 nitrogen and oxygen atoms in total. The van der Waals surface area contributed by atoms with Gasteiger partial charge in [0.2, 0.25) is 5.91 Å². The lowest BCUT2D eigenvalue weighted by Gasteiger charge is -2.10. The molecule has 0 bridgehead atoms. The number of nitro groups is 1. The van der Waals surface area contributed by atoms with Crippen molar-refractivity contribution < 1.29 is 19.6 Å². The van der Waals surface area contributed by atoms with E-state index in [0.29, 0.717) is 5.56 Å². The summed E-state index contributed by atoms with van der Waals surface area (Å²) in [6, 6.07) is 4.74. The molecule has 102 valence electrons. The first-order chi connectivity index (χ1) is 8.90. The molecule has 19 heavy (non-hydrogen) atoms. The summed E-state index contributed by atoms with van der Waals surface area (Å²) >= 11 is 0. The third kappa shape index (κ3) is 4.72. The first-order valence-electron chi connectivity index (χ1n) is 5.38. The van der Waals surface area contributed by atoms with Crippen LogP contribution in [0.2, 0.25) is 0 Å². The number of amides is 1. The van der Waals surface area contributed by atoms with Crippen molar-refractivity contribution >= 4 is 17.6 Å². The van der Waals surface area contributed by atoms with Crippen molar-refractivity contribution in [1.29, 1.82) is 0 Å². The number of aliphatic carboxylic acids is 1. The van der Waals surface area contributed by atoms with Gasteiger partial charge in [0.1, 0.15) is 6.54 Å². The van der Waals surface area contributed by atoms with E-state index in [-0.39, 0.29) is 12.1 Å². The Bertz CT molecular complexity index is 486. The van der Waals surface area contributed by atoms with E-state index in [0.717, 1.165) is 0 Å². The summed E-state index contributed by atoms with van der Waals surface area (Å²) in [5.74, 6) is -1.74. The van der Waals surface area contributed by atoms with E-state index < -0.39 is 29.4 Å². The van der Waals surface area contributed by atoms with E-state index in [2.05, 4.69) is 5.32 Å². The van der Waals surface area contributed by atoms with Gasteiger partial charge in [-0.25, -0.2) is 0 Å². The van der Waals surface area contributed by atoms with Crippen LogP contribution in [0.1, 0.15) is 5.56 Å². The van der Waals surface area contributed by atoms with Crippen molar-refractivity contribution in [2.75, 3.05) is 6.54 Å². The highest BCUT2D eigenvalue weighted by molar-refractivity contribution is 5.85. The number of benzene rings is 1. The van der Waals surface area contributed by atoms with Gasteiger partial charge in [-0.1, -0.05) is 12.1 Å². The number of carboxylic acids is 1. The number of nitrogens with one attached hydrogen (secondary N) is 1. The van der Waals surface area contributed by atoms with Crippen molar-refractivity contribution in [3.63, 3.8) is 0 Å². The highest BCUT2D eigenvalue weighted by atomic mass is 16.6. The van der Waals surface area contributed by atoms with E-state index >= 15 is 0 Å². The van der Waals surface area contributed by atoms with Crippen molar-refractivity contribution in [2.24, 2.45) is 5.73 Å². The minimum Gasteiger partial charge on any atom is -0.480 e. The maximum atomic E-state index is 11.4. The molecule has 0 spiro atoms. The molecule has 4 N–H and O–H groups in total. The zero-order valence-electron chi connectivity index (χ0n) is 9.91. The fourth-order valence-corrected chi connectivity index (χ4v) is 1.39. The van der Waals surface area contributed by atoms with Crippen LogP contribution in [-0.4, -0.2) is 34.5 Å². The van der Waals surface area contributed by atoms with Gasteiger partial charge in [-0.15, -0.1) is 0 Å². The SMILES string of the molecule is N[C@@H](Cc1ccc([N+](=O)[O-])cc1)C(=O)NCC(=O)O. The maximum Gasteiger partial charge on any atom is 0.322 e. The molecule has 0 aliphatic carbocycles. The summed E-state index contributed by atoms with van der Waals surface area (Å²) in [6.07, 6.45) is 0.170. The van der Waals surface area contributed by atoms with Gasteiger partial charge in [-0.05, 0) is 12.0 Å². The Kier molecular flexibility index (Phi) is 4.95. The lowest BCUT2D eigenvalue weighted by atomic mass is 10.1. The molecule has 1 amide bonds. The molecule has 0 heterocycles. The number of carbonyl (C=O) groups excluding carboxylic acids is 1. The normalized spacial score (nSPS) is 11.6. The minimum absolute atomic E-state index is 0.0485. The molecule has 0 unspecified atom stereocenters. The Balaban J connectivity index is 2.56. The average molecular weight is 267 g/mol. The second kappa shape index (κ2) is 6.45. The molecule has 8 heteroatoms. The first-order valence-corrected chi connectivity index (χ1v) is 5.38. The molecule has 1 aromatic carbocycles. The lowest BCUT2D eigenvalue weighted by Crippen LogP contribution is -2.43. The third-order valence-corrected chi connectivity index (χ3v) is 2.35. The molecule has 0 saturated carbocycles. The van der Waals surface area contributed by atoms with Gasteiger partial charge in [0, 0.05) is 12.1 Å². The second-order valence-electron chi connectivity index (χ2n) is 3.85. The van der Waals surface area contributed by atoms with Crippen molar-refractivity contribution in [3.05, 3.63) is 39.9 Å². The molecule has 1 rings (SSSR count). The largest absolute Gasteiger partial charge is 0.480 e. The second-order valence-corrected chi connectivity index (χ2v) is 3.85. The Morgan fingerprint density at radius 1 is 1.37 bits per heavy atom. The van der Waals surface area contributed by atoms with Gasteiger partial charge < -0.3 is 16.2 Å². The third-order valence-electron chi connectivity index (χ3n) is 2.35. The van der Waals surface area contributed by atoms with Crippen LogP contribution in [-0.2, 0) is 16.0 Å². The Morgan fingerprint density at radius 3 is 2.42 bits per heavy atom. The Hall–Kier alpha value is -2.48. The van der Waals surface area contributed by atoms with Gasteiger partial charge in [-0.2, -0.15) is 0 Å². The number of rotatable bonds is 6. The van der Waals surface area contributed by atoms with Crippen LogP contribution in [0.4, 0.5) is 5.69 Å². The maximum absolute atomic E-state index is 11.4. The molecule has 1 aromatic rings. The molecular weight excluding hydrogens is 254 g/mol. The van der Waals surface area contributed by atoms with Crippen molar-refractivity contribution in [2.45, 2.75) is 12.5 Å². The number of carboxylic acid groups (broad SMARTS) is 1. The monoisotopic (exact) mass is 267 g/mol. The topological polar surface area (TPSA) is 136 Å². The fourth-order valence-electron chi connectivity index (χ4n) is 1.39. The molecule has 0 radical (unpaired) electrons. The number of nitrogens with zero attached hydrogens (tertiary/aromatic N) is 1. The van der Waals surface area contributed by atoms with Gasteiger partial charge in [0.05, 0.1) is 11.0 Å².